The Morgan fingerprint density at radius 1 is 0.889 bits per heavy atom. The smallest absolute Gasteiger partial charge is 0.267 e. The van der Waals surface area contributed by atoms with Crippen molar-refractivity contribution >= 4 is 23.6 Å². The van der Waals surface area contributed by atoms with Crippen LogP contribution in [-0.2, 0) is 4.79 Å². The summed E-state index contributed by atoms with van der Waals surface area (Å²) in [4.78, 5) is 36.2. The van der Waals surface area contributed by atoms with E-state index in [-0.39, 0.29) is 29.2 Å². The van der Waals surface area contributed by atoms with Crippen LogP contribution in [0.3, 0.4) is 0 Å². The van der Waals surface area contributed by atoms with E-state index in [0.717, 1.165) is 11.1 Å². The molecule has 2 heterocycles. The van der Waals surface area contributed by atoms with E-state index in [2.05, 4.69) is 20.2 Å². The van der Waals surface area contributed by atoms with E-state index in [9.17, 15) is 18.4 Å². The van der Waals surface area contributed by atoms with Gasteiger partial charge in [-0.2, -0.15) is 4.98 Å². The van der Waals surface area contributed by atoms with Gasteiger partial charge in [-0.05, 0) is 42.3 Å². The number of carbonyl (C=O) groups is 2. The first-order chi connectivity index (χ1) is 17.2. The van der Waals surface area contributed by atoms with Crippen LogP contribution in [0.2, 0.25) is 0 Å². The van der Waals surface area contributed by atoms with Crippen molar-refractivity contribution in [1.82, 2.24) is 14.9 Å². The van der Waals surface area contributed by atoms with Crippen molar-refractivity contribution in [2.24, 2.45) is 11.5 Å². The van der Waals surface area contributed by atoms with Crippen LogP contribution in [0.25, 0.3) is 0 Å². The van der Waals surface area contributed by atoms with Gasteiger partial charge in [0.25, 0.3) is 5.91 Å². The van der Waals surface area contributed by atoms with E-state index in [4.69, 9.17) is 11.5 Å². The highest BCUT2D eigenvalue weighted by Crippen LogP contribution is 2.30. The molecule has 4 rings (SSSR count). The molecule has 9 nitrogen and oxygen atoms in total. The summed E-state index contributed by atoms with van der Waals surface area (Å²) < 4.78 is 27.2. The van der Waals surface area contributed by atoms with Gasteiger partial charge in [-0.3, -0.25) is 14.5 Å². The van der Waals surface area contributed by atoms with Crippen molar-refractivity contribution < 1.29 is 18.4 Å². The molecule has 0 spiro atoms. The average Bonchev–Trinajstić information content (AvgIpc) is 2.86. The summed E-state index contributed by atoms with van der Waals surface area (Å²) >= 11 is 0. The molecule has 1 aliphatic rings. The molecule has 5 N–H and O–H groups in total. The molecule has 0 unspecified atom stereocenters. The molecule has 36 heavy (non-hydrogen) atoms. The first kappa shape index (κ1) is 25.0. The molecule has 1 aromatic heterocycles. The summed E-state index contributed by atoms with van der Waals surface area (Å²) in [5, 5.41) is 2.86. The predicted octanol–water partition coefficient (Wildman–Crippen LogP) is 2.05. The second-order valence-electron chi connectivity index (χ2n) is 8.60. The van der Waals surface area contributed by atoms with Crippen LogP contribution in [0.15, 0.2) is 54.6 Å². The Labute approximate surface area is 207 Å². The van der Waals surface area contributed by atoms with Gasteiger partial charge in [0.2, 0.25) is 11.9 Å². The largest absolute Gasteiger partial charge is 0.368 e. The van der Waals surface area contributed by atoms with Crippen molar-refractivity contribution in [2.45, 2.75) is 19.0 Å². The van der Waals surface area contributed by atoms with Gasteiger partial charge in [-0.25, -0.2) is 13.8 Å². The number of aromatic nitrogens is 2. The van der Waals surface area contributed by atoms with Gasteiger partial charge >= 0.3 is 0 Å². The number of hydrogen-bond donors (Lipinski definition) is 3. The third-order valence-electron chi connectivity index (χ3n) is 6.09. The van der Waals surface area contributed by atoms with E-state index in [1.165, 1.54) is 30.3 Å². The van der Waals surface area contributed by atoms with Crippen LogP contribution < -0.4 is 21.7 Å². The van der Waals surface area contributed by atoms with E-state index in [1.54, 1.807) is 31.2 Å². The molecule has 1 saturated heterocycles. The second kappa shape index (κ2) is 10.6. The molecule has 11 heteroatoms. The van der Waals surface area contributed by atoms with E-state index < -0.39 is 17.9 Å². The van der Waals surface area contributed by atoms with E-state index >= 15 is 0 Å². The minimum Gasteiger partial charge on any atom is -0.368 e. The van der Waals surface area contributed by atoms with Crippen molar-refractivity contribution in [3.63, 3.8) is 0 Å². The molecule has 0 radical (unpaired) electrons. The molecular formula is C25H27F2N7O2. The molecule has 0 saturated carbocycles. The number of nitrogens with one attached hydrogen (secondary N) is 1. The fourth-order valence-corrected chi connectivity index (χ4v) is 4.15. The molecule has 0 aliphatic carbocycles. The maximum absolute atomic E-state index is 13.6. The Bertz CT molecular complexity index is 1180. The molecule has 1 fully saturated rings. The van der Waals surface area contributed by atoms with Crippen molar-refractivity contribution in [1.29, 1.82) is 0 Å². The second-order valence-corrected chi connectivity index (χ2v) is 8.60. The lowest BCUT2D eigenvalue weighted by Gasteiger charge is -2.40. The number of halogens is 2. The highest BCUT2D eigenvalue weighted by molar-refractivity contribution is 5.92. The molecule has 0 bridgehead atoms. The minimum absolute atomic E-state index is 0.0112. The SMILES string of the molecule is C[C@H](Nc1cc(C(N)=O)nc(N2CCN(C(c3ccc(F)cc3)c3ccc(F)cc3)CC2)n1)C(N)=O. The van der Waals surface area contributed by atoms with Crippen LogP contribution in [0.4, 0.5) is 20.5 Å². The van der Waals surface area contributed by atoms with Gasteiger partial charge in [-0.1, -0.05) is 24.3 Å². The zero-order chi connectivity index (χ0) is 25.8. The number of amides is 2. The molecular weight excluding hydrogens is 468 g/mol. The maximum atomic E-state index is 13.6. The lowest BCUT2D eigenvalue weighted by Crippen LogP contribution is -2.48. The Kier molecular flexibility index (Phi) is 7.39. The molecule has 2 amide bonds. The third-order valence-corrected chi connectivity index (χ3v) is 6.09. The number of anilines is 2. The summed E-state index contributed by atoms with van der Waals surface area (Å²) in [5.74, 6) is -1.40. The molecule has 3 aromatic rings. The zero-order valence-electron chi connectivity index (χ0n) is 19.7. The summed E-state index contributed by atoms with van der Waals surface area (Å²) in [6.07, 6.45) is 0. The average molecular weight is 496 g/mol. The first-order valence-corrected chi connectivity index (χ1v) is 11.5. The molecule has 1 aliphatic heterocycles. The summed E-state index contributed by atoms with van der Waals surface area (Å²) in [6.45, 7) is 3.80. The lowest BCUT2D eigenvalue weighted by molar-refractivity contribution is -0.118. The molecule has 188 valence electrons. The van der Waals surface area contributed by atoms with Crippen LogP contribution in [0.5, 0.6) is 0 Å². The number of hydrogen-bond acceptors (Lipinski definition) is 7. The van der Waals surface area contributed by atoms with E-state index in [1.807, 2.05) is 4.90 Å². The monoisotopic (exact) mass is 495 g/mol. The highest BCUT2D eigenvalue weighted by Gasteiger charge is 2.28. The highest BCUT2D eigenvalue weighted by atomic mass is 19.1. The van der Waals surface area contributed by atoms with Crippen LogP contribution in [-0.4, -0.2) is 58.9 Å². The number of benzene rings is 2. The minimum atomic E-state index is -0.722. The van der Waals surface area contributed by atoms with Gasteiger partial charge in [0.05, 0.1) is 6.04 Å². The van der Waals surface area contributed by atoms with Crippen LogP contribution >= 0.6 is 0 Å². The Hall–Kier alpha value is -4.12. The van der Waals surface area contributed by atoms with Gasteiger partial charge in [0, 0.05) is 32.2 Å². The number of rotatable bonds is 8. The Morgan fingerprint density at radius 2 is 1.42 bits per heavy atom. The third kappa shape index (κ3) is 5.74. The number of nitrogens with zero attached hydrogens (tertiary/aromatic N) is 4. The summed E-state index contributed by atoms with van der Waals surface area (Å²) in [5.41, 5.74) is 12.6. The maximum Gasteiger partial charge on any atom is 0.267 e. The Morgan fingerprint density at radius 3 is 1.89 bits per heavy atom. The first-order valence-electron chi connectivity index (χ1n) is 11.5. The van der Waals surface area contributed by atoms with Crippen LogP contribution in [0.1, 0.15) is 34.6 Å². The van der Waals surface area contributed by atoms with Crippen molar-refractivity contribution in [2.75, 3.05) is 36.4 Å². The van der Waals surface area contributed by atoms with Gasteiger partial charge in [-0.15, -0.1) is 0 Å². The summed E-state index contributed by atoms with van der Waals surface area (Å²) in [7, 11) is 0. The fourth-order valence-electron chi connectivity index (χ4n) is 4.15. The van der Waals surface area contributed by atoms with Crippen molar-refractivity contribution in [3.05, 3.63) is 83.1 Å². The van der Waals surface area contributed by atoms with E-state index in [0.29, 0.717) is 32.1 Å². The topological polar surface area (TPSA) is 130 Å². The molecule has 2 aromatic carbocycles. The van der Waals surface area contributed by atoms with Crippen molar-refractivity contribution in [3.8, 4) is 0 Å². The number of primary amides is 2. The van der Waals surface area contributed by atoms with Gasteiger partial charge < -0.3 is 21.7 Å². The van der Waals surface area contributed by atoms with Crippen LogP contribution in [0, 0.1) is 11.6 Å². The number of carbonyl (C=O) groups excluding carboxylic acids is 2. The molecule has 1 atom stereocenters. The van der Waals surface area contributed by atoms with Gasteiger partial charge in [0.15, 0.2) is 0 Å². The number of piperazine rings is 1. The zero-order valence-corrected chi connectivity index (χ0v) is 19.7. The number of nitrogens with two attached hydrogens (primary N) is 2. The lowest BCUT2D eigenvalue weighted by atomic mass is 9.96. The Balaban J connectivity index is 1.57. The fraction of sp³-hybridized carbons (Fsp3) is 0.280. The predicted molar refractivity (Wildman–Crippen MR) is 131 cm³/mol. The normalized spacial score (nSPS) is 15.1. The standard InChI is InChI=1S/C25H27F2N7O2/c1-15(23(28)35)30-21-14-20(24(29)36)31-25(32-21)34-12-10-33(11-13-34)22(16-2-6-18(26)7-3-16)17-4-8-19(27)9-5-17/h2-9,14-15,22H,10-13H2,1H3,(H2,28,35)(H2,29,36)(H,30,31,32)/t15-/m0/s1. The summed E-state index contributed by atoms with van der Waals surface area (Å²) in [6, 6.07) is 13.0. The van der Waals surface area contributed by atoms with Gasteiger partial charge in [0.1, 0.15) is 29.2 Å². The quantitative estimate of drug-likeness (QED) is 0.436.